The number of nitrogens with one attached hydrogen (secondary N) is 2. The molecular formula is C28H26N4O3S. The molecule has 2 aliphatic heterocycles. The lowest BCUT2D eigenvalue weighted by Crippen LogP contribution is -2.41. The van der Waals surface area contributed by atoms with Gasteiger partial charge in [0.15, 0.2) is 0 Å². The Bertz CT molecular complexity index is 1450. The monoisotopic (exact) mass is 498 g/mol. The number of aromatic nitrogens is 2. The molecule has 2 aliphatic rings. The summed E-state index contributed by atoms with van der Waals surface area (Å²) in [5.74, 6) is 1.65. The van der Waals surface area contributed by atoms with E-state index in [9.17, 15) is 4.79 Å². The Morgan fingerprint density at radius 2 is 2.08 bits per heavy atom. The number of morpholine rings is 1. The number of fused-ring (bicyclic) bond motifs is 2. The van der Waals surface area contributed by atoms with Crippen molar-refractivity contribution >= 4 is 23.1 Å². The van der Waals surface area contributed by atoms with Crippen LogP contribution in [-0.2, 0) is 11.3 Å². The normalized spacial score (nSPS) is 16.6. The van der Waals surface area contributed by atoms with Crippen LogP contribution in [0.15, 0.2) is 87.6 Å². The number of anilines is 2. The van der Waals surface area contributed by atoms with Gasteiger partial charge in [-0.1, -0.05) is 30.0 Å². The first-order valence-electron chi connectivity index (χ1n) is 12.0. The second-order valence-corrected chi connectivity index (χ2v) is 9.99. The Kier molecular flexibility index (Phi) is 6.13. The van der Waals surface area contributed by atoms with E-state index in [0.717, 1.165) is 43.8 Å². The van der Waals surface area contributed by atoms with E-state index in [1.807, 2.05) is 49.5 Å². The third kappa shape index (κ3) is 4.57. The van der Waals surface area contributed by atoms with Gasteiger partial charge in [0.05, 0.1) is 28.6 Å². The van der Waals surface area contributed by atoms with E-state index in [-0.39, 0.29) is 11.7 Å². The third-order valence-corrected chi connectivity index (χ3v) is 7.46. The minimum Gasteiger partial charge on any atom is -0.455 e. The predicted octanol–water partition coefficient (Wildman–Crippen LogP) is 5.53. The van der Waals surface area contributed by atoms with Gasteiger partial charge in [0, 0.05) is 36.7 Å². The van der Waals surface area contributed by atoms with Gasteiger partial charge in [-0.25, -0.2) is 0 Å². The molecule has 0 amide bonds. The quantitative estimate of drug-likeness (QED) is 0.330. The molecule has 2 aromatic heterocycles. The number of H-pyrrole nitrogens is 1. The van der Waals surface area contributed by atoms with Crippen LogP contribution in [0, 0.1) is 6.92 Å². The van der Waals surface area contributed by atoms with E-state index in [2.05, 4.69) is 44.5 Å². The molecule has 0 spiro atoms. The highest BCUT2D eigenvalue weighted by atomic mass is 32.2. The van der Waals surface area contributed by atoms with Gasteiger partial charge in [0.2, 0.25) is 0 Å². The van der Waals surface area contributed by atoms with Crippen LogP contribution in [0.2, 0.25) is 0 Å². The Morgan fingerprint density at radius 1 is 1.14 bits per heavy atom. The lowest BCUT2D eigenvalue weighted by molar-refractivity contribution is 0.0382. The minimum absolute atomic E-state index is 0.0865. The molecule has 4 aromatic rings. The first-order valence-corrected chi connectivity index (χ1v) is 12.8. The van der Waals surface area contributed by atoms with Gasteiger partial charge in [0.25, 0.3) is 5.56 Å². The van der Waals surface area contributed by atoms with E-state index in [1.165, 1.54) is 0 Å². The van der Waals surface area contributed by atoms with Crippen molar-refractivity contribution in [2.24, 2.45) is 0 Å². The maximum atomic E-state index is 12.3. The standard InChI is InChI=1S/C28H26N4O3S/c1-18-7-8-20(30-15-18)16-31-19-9-10-23-26(14-19)36-25-6-2-4-21(27(25)35-23)24-17-32(12-13-34-24)22-5-3-11-29-28(22)33/h2-11,14-15,24,31H,12-13,16-17H2,1H3,(H,29,33). The van der Waals surface area contributed by atoms with E-state index >= 15 is 0 Å². The van der Waals surface area contributed by atoms with Gasteiger partial charge in [0.1, 0.15) is 23.3 Å². The molecule has 0 radical (unpaired) electrons. The molecule has 0 bridgehead atoms. The number of para-hydroxylation sites is 1. The number of nitrogens with zero attached hydrogens (tertiary/aromatic N) is 2. The second-order valence-electron chi connectivity index (χ2n) is 8.91. The van der Waals surface area contributed by atoms with Crippen LogP contribution in [0.25, 0.3) is 0 Å². The van der Waals surface area contributed by atoms with Crippen molar-refractivity contribution in [1.29, 1.82) is 0 Å². The Balaban J connectivity index is 1.20. The zero-order valence-corrected chi connectivity index (χ0v) is 20.7. The zero-order valence-electron chi connectivity index (χ0n) is 19.9. The molecule has 2 aromatic carbocycles. The number of aryl methyl sites for hydroxylation is 1. The van der Waals surface area contributed by atoms with Gasteiger partial charge in [-0.3, -0.25) is 9.78 Å². The highest BCUT2D eigenvalue weighted by Gasteiger charge is 2.29. The fraction of sp³-hybridized carbons (Fsp3) is 0.214. The number of rotatable bonds is 5. The lowest BCUT2D eigenvalue weighted by Gasteiger charge is -2.35. The molecule has 1 unspecified atom stereocenters. The van der Waals surface area contributed by atoms with Gasteiger partial charge in [-0.05, 0) is 55.0 Å². The van der Waals surface area contributed by atoms with Crippen LogP contribution >= 0.6 is 11.8 Å². The molecule has 36 heavy (non-hydrogen) atoms. The average molecular weight is 499 g/mol. The summed E-state index contributed by atoms with van der Waals surface area (Å²) in [7, 11) is 0. The van der Waals surface area contributed by atoms with Crippen molar-refractivity contribution in [3.8, 4) is 11.5 Å². The maximum absolute atomic E-state index is 12.3. The van der Waals surface area contributed by atoms with E-state index in [0.29, 0.717) is 31.9 Å². The minimum atomic E-state index is -0.196. The van der Waals surface area contributed by atoms with Crippen molar-refractivity contribution in [1.82, 2.24) is 9.97 Å². The molecule has 8 heteroatoms. The summed E-state index contributed by atoms with van der Waals surface area (Å²) in [4.78, 5) is 23.7. The number of aromatic amines is 1. The number of benzene rings is 2. The smallest absolute Gasteiger partial charge is 0.271 e. The largest absolute Gasteiger partial charge is 0.455 e. The SMILES string of the molecule is Cc1ccc(CNc2ccc3c(c2)Sc2cccc(C4CN(c5ccc[nH]c5=O)CCO4)c2O3)nc1. The van der Waals surface area contributed by atoms with E-state index < -0.39 is 0 Å². The predicted molar refractivity (Wildman–Crippen MR) is 141 cm³/mol. The Labute approximate surface area is 213 Å². The molecule has 0 saturated carbocycles. The second kappa shape index (κ2) is 9.72. The molecular weight excluding hydrogens is 472 g/mol. The lowest BCUT2D eigenvalue weighted by atomic mass is 10.1. The van der Waals surface area contributed by atoms with Gasteiger partial charge in [-0.15, -0.1) is 0 Å². The first-order chi connectivity index (χ1) is 17.6. The summed E-state index contributed by atoms with van der Waals surface area (Å²) in [5, 5.41) is 3.46. The Morgan fingerprint density at radius 3 is 2.94 bits per heavy atom. The molecule has 1 saturated heterocycles. The van der Waals surface area contributed by atoms with Crippen molar-refractivity contribution < 1.29 is 9.47 Å². The van der Waals surface area contributed by atoms with Crippen molar-refractivity contribution in [2.75, 3.05) is 29.9 Å². The highest BCUT2D eigenvalue weighted by molar-refractivity contribution is 7.99. The highest BCUT2D eigenvalue weighted by Crippen LogP contribution is 2.50. The fourth-order valence-electron chi connectivity index (χ4n) is 4.50. The summed E-state index contributed by atoms with van der Waals surface area (Å²) in [6.45, 7) is 4.49. The van der Waals surface area contributed by atoms with E-state index in [1.54, 1.807) is 18.0 Å². The molecule has 6 rings (SSSR count). The number of hydrogen-bond acceptors (Lipinski definition) is 7. The number of ether oxygens (including phenoxy) is 2. The van der Waals surface area contributed by atoms with Crippen molar-refractivity contribution in [3.63, 3.8) is 0 Å². The topological polar surface area (TPSA) is 79.5 Å². The van der Waals surface area contributed by atoms with Gasteiger partial charge < -0.3 is 24.7 Å². The molecule has 4 heterocycles. The zero-order chi connectivity index (χ0) is 24.5. The molecule has 7 nitrogen and oxygen atoms in total. The Hall–Kier alpha value is -3.75. The molecule has 1 atom stereocenters. The molecule has 182 valence electrons. The van der Waals surface area contributed by atoms with E-state index in [4.69, 9.17) is 9.47 Å². The number of pyridine rings is 2. The van der Waals surface area contributed by atoms with Crippen molar-refractivity contribution in [3.05, 3.63) is 100 Å². The average Bonchev–Trinajstić information content (AvgIpc) is 2.91. The molecule has 0 aliphatic carbocycles. The van der Waals surface area contributed by atoms with Crippen LogP contribution in [0.1, 0.15) is 22.9 Å². The third-order valence-electron chi connectivity index (χ3n) is 6.38. The maximum Gasteiger partial charge on any atom is 0.271 e. The molecule has 2 N–H and O–H groups in total. The van der Waals surface area contributed by atoms with Crippen LogP contribution in [0.3, 0.4) is 0 Å². The van der Waals surface area contributed by atoms with Crippen LogP contribution in [0.5, 0.6) is 11.5 Å². The summed E-state index contributed by atoms with van der Waals surface area (Å²) >= 11 is 1.69. The summed E-state index contributed by atoms with van der Waals surface area (Å²) in [6, 6.07) is 20.1. The van der Waals surface area contributed by atoms with Gasteiger partial charge >= 0.3 is 0 Å². The number of hydrogen-bond donors (Lipinski definition) is 2. The van der Waals surface area contributed by atoms with Crippen molar-refractivity contribution in [2.45, 2.75) is 29.4 Å². The first kappa shape index (κ1) is 22.7. The summed E-state index contributed by atoms with van der Waals surface area (Å²) < 4.78 is 12.6. The summed E-state index contributed by atoms with van der Waals surface area (Å²) in [5.41, 5.74) is 4.74. The molecule has 1 fully saturated rings. The van der Waals surface area contributed by atoms with Crippen LogP contribution in [-0.4, -0.2) is 29.7 Å². The van der Waals surface area contributed by atoms with Crippen LogP contribution < -0.4 is 20.5 Å². The van der Waals surface area contributed by atoms with Gasteiger partial charge in [-0.2, -0.15) is 0 Å². The fourth-order valence-corrected chi connectivity index (χ4v) is 5.53. The summed E-state index contributed by atoms with van der Waals surface area (Å²) in [6.07, 6.45) is 3.34. The van der Waals surface area contributed by atoms with Crippen LogP contribution in [0.4, 0.5) is 11.4 Å².